The van der Waals surface area contributed by atoms with Crippen molar-refractivity contribution >= 4 is 22.6 Å². The summed E-state index contributed by atoms with van der Waals surface area (Å²) < 4.78 is 14.4. The molecule has 1 atom stereocenters. The summed E-state index contributed by atoms with van der Waals surface area (Å²) in [5.41, 5.74) is 3.48. The lowest BCUT2D eigenvalue weighted by Crippen LogP contribution is -2.23. The van der Waals surface area contributed by atoms with Crippen molar-refractivity contribution in [3.8, 4) is 0 Å². The average molecular weight is 383 g/mol. The van der Waals surface area contributed by atoms with Gasteiger partial charge in [0.1, 0.15) is 5.82 Å². The fourth-order valence-corrected chi connectivity index (χ4v) is 2.72. The quantitative estimate of drug-likeness (QED) is 0.743. The minimum absolute atomic E-state index is 0.166. The predicted molar refractivity (Wildman–Crippen MR) is 90.4 cm³/mol. The third kappa shape index (κ3) is 4.03. The summed E-state index contributed by atoms with van der Waals surface area (Å²) in [4.78, 5) is 0. The molecule has 20 heavy (non-hydrogen) atoms. The maximum Gasteiger partial charge on any atom is 0.123 e. The molecule has 0 heterocycles. The number of hydrogen-bond donors (Lipinski definition) is 1. The number of likely N-dealkylation sites (N-methyl/N-ethyl adjacent to an activating group) is 1. The molecule has 2 aromatic rings. The van der Waals surface area contributed by atoms with E-state index in [1.807, 2.05) is 13.0 Å². The van der Waals surface area contributed by atoms with Crippen LogP contribution in [0.15, 0.2) is 42.5 Å². The van der Waals surface area contributed by atoms with Crippen LogP contribution in [0.1, 0.15) is 29.7 Å². The van der Waals surface area contributed by atoms with Crippen LogP contribution in [0, 0.1) is 16.3 Å². The van der Waals surface area contributed by atoms with E-state index >= 15 is 0 Å². The highest BCUT2D eigenvalue weighted by atomic mass is 127. The highest BCUT2D eigenvalue weighted by Crippen LogP contribution is 2.22. The summed E-state index contributed by atoms with van der Waals surface area (Å²) in [5.74, 6) is -0.166. The van der Waals surface area contributed by atoms with E-state index in [0.29, 0.717) is 0 Å². The second-order valence-electron chi connectivity index (χ2n) is 4.94. The van der Waals surface area contributed by atoms with E-state index in [9.17, 15) is 4.39 Å². The standard InChI is InChI=1S/C17H19FIN/c1-3-20-17(13-5-8-16(19)9-6-13)11-14-4-7-15(18)10-12(14)2/h4-10,17,20H,3,11H2,1-2H3. The van der Waals surface area contributed by atoms with Gasteiger partial charge in [-0.05, 0) is 83.4 Å². The Morgan fingerprint density at radius 1 is 1.15 bits per heavy atom. The Bertz CT molecular complexity index is 566. The van der Waals surface area contributed by atoms with Crippen LogP contribution in [0.2, 0.25) is 0 Å². The van der Waals surface area contributed by atoms with Crippen LogP contribution < -0.4 is 5.32 Å². The monoisotopic (exact) mass is 383 g/mol. The Morgan fingerprint density at radius 2 is 1.85 bits per heavy atom. The molecule has 0 saturated carbocycles. The molecule has 2 aromatic carbocycles. The zero-order chi connectivity index (χ0) is 14.5. The number of nitrogens with one attached hydrogen (secondary N) is 1. The molecule has 0 aliphatic heterocycles. The molecule has 0 aromatic heterocycles. The first-order valence-electron chi connectivity index (χ1n) is 6.84. The van der Waals surface area contributed by atoms with Crippen molar-refractivity contribution in [2.75, 3.05) is 6.54 Å². The minimum Gasteiger partial charge on any atom is -0.310 e. The largest absolute Gasteiger partial charge is 0.310 e. The van der Waals surface area contributed by atoms with Crippen LogP contribution in [0.25, 0.3) is 0 Å². The number of benzene rings is 2. The Labute approximate surface area is 133 Å². The van der Waals surface area contributed by atoms with Gasteiger partial charge in [0.05, 0.1) is 0 Å². The van der Waals surface area contributed by atoms with Gasteiger partial charge < -0.3 is 5.32 Å². The van der Waals surface area contributed by atoms with E-state index in [-0.39, 0.29) is 11.9 Å². The molecule has 0 amide bonds. The maximum absolute atomic E-state index is 13.2. The first-order valence-corrected chi connectivity index (χ1v) is 7.92. The molecule has 106 valence electrons. The molecule has 0 aliphatic carbocycles. The lowest BCUT2D eigenvalue weighted by atomic mass is 9.96. The van der Waals surface area contributed by atoms with Gasteiger partial charge >= 0.3 is 0 Å². The highest BCUT2D eigenvalue weighted by molar-refractivity contribution is 14.1. The van der Waals surface area contributed by atoms with Gasteiger partial charge in [0.2, 0.25) is 0 Å². The van der Waals surface area contributed by atoms with Gasteiger partial charge in [-0.3, -0.25) is 0 Å². The van der Waals surface area contributed by atoms with E-state index < -0.39 is 0 Å². The van der Waals surface area contributed by atoms with E-state index in [1.54, 1.807) is 12.1 Å². The van der Waals surface area contributed by atoms with Crippen molar-refractivity contribution in [1.82, 2.24) is 5.32 Å². The molecular formula is C17H19FIN. The number of hydrogen-bond acceptors (Lipinski definition) is 1. The van der Waals surface area contributed by atoms with E-state index in [1.165, 1.54) is 14.7 Å². The molecule has 1 nitrogen and oxygen atoms in total. The molecule has 0 aliphatic rings. The Morgan fingerprint density at radius 3 is 2.45 bits per heavy atom. The van der Waals surface area contributed by atoms with Crippen molar-refractivity contribution in [3.05, 3.63) is 68.5 Å². The second-order valence-corrected chi connectivity index (χ2v) is 6.18. The van der Waals surface area contributed by atoms with Crippen LogP contribution in [0.5, 0.6) is 0 Å². The summed E-state index contributed by atoms with van der Waals surface area (Å²) >= 11 is 2.31. The first kappa shape index (κ1) is 15.4. The Kier molecular flexibility index (Phi) is 5.54. The molecule has 0 spiro atoms. The second kappa shape index (κ2) is 7.18. The van der Waals surface area contributed by atoms with E-state index in [2.05, 4.69) is 59.1 Å². The summed E-state index contributed by atoms with van der Waals surface area (Å²) in [6, 6.07) is 13.9. The van der Waals surface area contributed by atoms with Crippen molar-refractivity contribution in [3.63, 3.8) is 0 Å². The van der Waals surface area contributed by atoms with E-state index in [4.69, 9.17) is 0 Å². The topological polar surface area (TPSA) is 12.0 Å². The maximum atomic E-state index is 13.2. The van der Waals surface area contributed by atoms with Gasteiger partial charge in [0, 0.05) is 9.61 Å². The van der Waals surface area contributed by atoms with Crippen molar-refractivity contribution in [1.29, 1.82) is 0 Å². The van der Waals surface area contributed by atoms with Gasteiger partial charge in [0.25, 0.3) is 0 Å². The third-order valence-corrected chi connectivity index (χ3v) is 4.17. The molecule has 0 fully saturated rings. The predicted octanol–water partition coefficient (Wildman–Crippen LogP) is 4.63. The summed E-state index contributed by atoms with van der Waals surface area (Å²) in [6.07, 6.45) is 0.876. The zero-order valence-electron chi connectivity index (χ0n) is 11.8. The van der Waals surface area contributed by atoms with Crippen LogP contribution >= 0.6 is 22.6 Å². The minimum atomic E-state index is -0.166. The molecule has 0 bridgehead atoms. The SMILES string of the molecule is CCNC(Cc1ccc(F)cc1C)c1ccc(I)cc1. The molecule has 0 radical (unpaired) electrons. The number of aryl methyl sites for hydroxylation is 1. The van der Waals surface area contributed by atoms with Crippen molar-refractivity contribution < 1.29 is 4.39 Å². The van der Waals surface area contributed by atoms with Gasteiger partial charge in [-0.25, -0.2) is 4.39 Å². The number of rotatable bonds is 5. The molecule has 0 saturated heterocycles. The van der Waals surface area contributed by atoms with Gasteiger partial charge in [0.15, 0.2) is 0 Å². The normalized spacial score (nSPS) is 12.4. The third-order valence-electron chi connectivity index (χ3n) is 3.45. The zero-order valence-corrected chi connectivity index (χ0v) is 13.9. The van der Waals surface area contributed by atoms with Crippen molar-refractivity contribution in [2.24, 2.45) is 0 Å². The summed E-state index contributed by atoms with van der Waals surface area (Å²) in [7, 11) is 0. The molecule has 2 rings (SSSR count). The highest BCUT2D eigenvalue weighted by Gasteiger charge is 2.12. The smallest absolute Gasteiger partial charge is 0.123 e. The lowest BCUT2D eigenvalue weighted by molar-refractivity contribution is 0.547. The molecule has 1 unspecified atom stereocenters. The van der Waals surface area contributed by atoms with Gasteiger partial charge in [-0.2, -0.15) is 0 Å². The van der Waals surface area contributed by atoms with Crippen LogP contribution in [0.4, 0.5) is 4.39 Å². The van der Waals surface area contributed by atoms with Crippen LogP contribution in [0.3, 0.4) is 0 Å². The summed E-state index contributed by atoms with van der Waals surface area (Å²) in [6.45, 7) is 4.99. The first-order chi connectivity index (χ1) is 9.60. The van der Waals surface area contributed by atoms with Gasteiger partial charge in [-0.15, -0.1) is 0 Å². The lowest BCUT2D eigenvalue weighted by Gasteiger charge is -2.20. The molecule has 1 N–H and O–H groups in total. The average Bonchev–Trinajstić information content (AvgIpc) is 2.42. The molecular weight excluding hydrogens is 364 g/mol. The fraction of sp³-hybridized carbons (Fsp3) is 0.294. The van der Waals surface area contributed by atoms with Crippen molar-refractivity contribution in [2.45, 2.75) is 26.3 Å². The Balaban J connectivity index is 2.22. The van der Waals surface area contributed by atoms with Gasteiger partial charge in [-0.1, -0.05) is 25.1 Å². The fourth-order valence-electron chi connectivity index (χ4n) is 2.36. The Hall–Kier alpha value is -0.940. The van der Waals surface area contributed by atoms with Crippen LogP contribution in [-0.2, 0) is 6.42 Å². The van der Waals surface area contributed by atoms with E-state index in [0.717, 1.165) is 18.5 Å². The summed E-state index contributed by atoms with van der Waals surface area (Å²) in [5, 5.41) is 3.51. The molecule has 3 heteroatoms. The van der Waals surface area contributed by atoms with Crippen LogP contribution in [-0.4, -0.2) is 6.54 Å². The number of halogens is 2.